The lowest BCUT2D eigenvalue weighted by Crippen LogP contribution is -2.56. The van der Waals surface area contributed by atoms with Crippen LogP contribution >= 0.6 is 0 Å². The van der Waals surface area contributed by atoms with Crippen LogP contribution in [0.25, 0.3) is 0 Å². The number of carbonyl (C=O) groups excluding carboxylic acids is 1. The maximum absolute atomic E-state index is 13.0. The highest BCUT2D eigenvalue weighted by Gasteiger charge is 2.35. The Bertz CT molecular complexity index is 597. The van der Waals surface area contributed by atoms with Gasteiger partial charge in [-0.1, -0.05) is 6.42 Å². The van der Waals surface area contributed by atoms with Crippen molar-refractivity contribution in [2.75, 3.05) is 32.7 Å². The van der Waals surface area contributed by atoms with Crippen LogP contribution in [0.2, 0.25) is 0 Å². The van der Waals surface area contributed by atoms with Gasteiger partial charge in [-0.25, -0.2) is 4.39 Å². The number of nitrogens with zero attached hydrogens (tertiary/aromatic N) is 2. The number of ether oxygens (including phenoxy) is 1. The van der Waals surface area contributed by atoms with Gasteiger partial charge in [0.1, 0.15) is 17.7 Å². The molecule has 0 radical (unpaired) electrons. The topological polar surface area (TPSA) is 44.8 Å². The summed E-state index contributed by atoms with van der Waals surface area (Å²) < 4.78 is 18.8. The molecule has 1 N–H and O–H groups in total. The van der Waals surface area contributed by atoms with E-state index in [-0.39, 0.29) is 23.9 Å². The molecule has 3 aliphatic rings. The lowest BCUT2D eigenvalue weighted by molar-refractivity contribution is -0.135. The summed E-state index contributed by atoms with van der Waals surface area (Å²) in [5.41, 5.74) is 0. The highest BCUT2D eigenvalue weighted by Crippen LogP contribution is 2.26. The van der Waals surface area contributed by atoms with Crippen LogP contribution in [0, 0.1) is 5.82 Å². The van der Waals surface area contributed by atoms with Crippen LogP contribution in [0.5, 0.6) is 5.75 Å². The normalized spacial score (nSPS) is 28.0. The standard InChI is InChI=1S/C19H26FN3O2/c20-14-4-6-16(7-5-14)25-17-12-18(21-13-17)19(24)23-10-8-22(9-11-23)15-2-1-3-15/h4-7,15,17-18,21H,1-3,8-13H2/t17-,18-/m0/s1. The molecule has 3 fully saturated rings. The molecule has 0 unspecified atom stereocenters. The molecule has 1 aliphatic carbocycles. The van der Waals surface area contributed by atoms with Crippen LogP contribution in [-0.2, 0) is 4.79 Å². The zero-order valence-corrected chi connectivity index (χ0v) is 14.5. The van der Waals surface area contributed by atoms with E-state index in [9.17, 15) is 9.18 Å². The van der Waals surface area contributed by atoms with E-state index < -0.39 is 0 Å². The van der Waals surface area contributed by atoms with E-state index in [1.807, 2.05) is 4.90 Å². The molecular formula is C19H26FN3O2. The van der Waals surface area contributed by atoms with Crippen molar-refractivity contribution in [2.45, 2.75) is 43.9 Å². The third-order valence-electron chi connectivity index (χ3n) is 5.72. The molecule has 1 aromatic carbocycles. The summed E-state index contributed by atoms with van der Waals surface area (Å²) in [6.07, 6.45) is 4.61. The third-order valence-corrected chi connectivity index (χ3v) is 5.72. The van der Waals surface area contributed by atoms with Crippen LogP contribution < -0.4 is 10.1 Å². The van der Waals surface area contributed by atoms with E-state index >= 15 is 0 Å². The Morgan fingerprint density at radius 2 is 1.84 bits per heavy atom. The monoisotopic (exact) mass is 347 g/mol. The predicted molar refractivity (Wildman–Crippen MR) is 93.0 cm³/mol. The Balaban J connectivity index is 1.25. The summed E-state index contributed by atoms with van der Waals surface area (Å²) in [6.45, 7) is 4.31. The number of hydrogen-bond acceptors (Lipinski definition) is 4. The van der Waals surface area contributed by atoms with Crippen molar-refractivity contribution in [3.05, 3.63) is 30.1 Å². The number of carbonyl (C=O) groups is 1. The molecule has 2 heterocycles. The second-order valence-corrected chi connectivity index (χ2v) is 7.34. The van der Waals surface area contributed by atoms with E-state index in [4.69, 9.17) is 4.74 Å². The van der Waals surface area contributed by atoms with Crippen LogP contribution in [0.3, 0.4) is 0 Å². The number of halogens is 1. The molecular weight excluding hydrogens is 321 g/mol. The maximum Gasteiger partial charge on any atom is 0.239 e. The fourth-order valence-corrected chi connectivity index (χ4v) is 3.97. The minimum Gasteiger partial charge on any atom is -0.489 e. The van der Waals surface area contributed by atoms with Gasteiger partial charge in [0.2, 0.25) is 5.91 Å². The van der Waals surface area contributed by atoms with Gasteiger partial charge in [-0.2, -0.15) is 0 Å². The smallest absolute Gasteiger partial charge is 0.239 e. The van der Waals surface area contributed by atoms with E-state index in [1.165, 1.54) is 31.4 Å². The largest absolute Gasteiger partial charge is 0.489 e. The zero-order valence-electron chi connectivity index (χ0n) is 14.5. The second-order valence-electron chi connectivity index (χ2n) is 7.34. The van der Waals surface area contributed by atoms with E-state index in [0.717, 1.165) is 32.2 Å². The van der Waals surface area contributed by atoms with Crippen molar-refractivity contribution < 1.29 is 13.9 Å². The molecule has 1 saturated carbocycles. The van der Waals surface area contributed by atoms with Crippen molar-refractivity contribution in [1.82, 2.24) is 15.1 Å². The van der Waals surface area contributed by atoms with Gasteiger partial charge in [0, 0.05) is 45.2 Å². The zero-order chi connectivity index (χ0) is 17.2. The molecule has 4 rings (SSSR count). The molecule has 2 saturated heterocycles. The molecule has 25 heavy (non-hydrogen) atoms. The van der Waals surface area contributed by atoms with Gasteiger partial charge in [0.05, 0.1) is 6.04 Å². The van der Waals surface area contributed by atoms with Crippen molar-refractivity contribution in [3.63, 3.8) is 0 Å². The predicted octanol–water partition coefficient (Wildman–Crippen LogP) is 1.63. The average molecular weight is 347 g/mol. The first kappa shape index (κ1) is 16.8. The fourth-order valence-electron chi connectivity index (χ4n) is 3.97. The number of rotatable bonds is 4. The summed E-state index contributed by atoms with van der Waals surface area (Å²) in [5, 5.41) is 3.29. The SMILES string of the molecule is O=C([C@@H]1C[C@H](Oc2ccc(F)cc2)CN1)N1CCN(C2CCC2)CC1. The van der Waals surface area contributed by atoms with Gasteiger partial charge in [0.15, 0.2) is 0 Å². The minimum atomic E-state index is -0.272. The summed E-state index contributed by atoms with van der Waals surface area (Å²) >= 11 is 0. The molecule has 0 bridgehead atoms. The van der Waals surface area contributed by atoms with Gasteiger partial charge in [-0.05, 0) is 37.1 Å². The van der Waals surface area contributed by atoms with Crippen molar-refractivity contribution in [3.8, 4) is 5.75 Å². The molecule has 2 atom stereocenters. The van der Waals surface area contributed by atoms with Gasteiger partial charge in [-0.15, -0.1) is 0 Å². The Labute approximate surface area is 148 Å². The summed E-state index contributed by atoms with van der Waals surface area (Å²) in [5.74, 6) is 0.569. The maximum atomic E-state index is 13.0. The minimum absolute atomic E-state index is 0.0457. The number of piperazine rings is 1. The molecule has 1 amide bonds. The van der Waals surface area contributed by atoms with E-state index in [2.05, 4.69) is 10.2 Å². The van der Waals surface area contributed by atoms with Crippen LogP contribution in [0.4, 0.5) is 4.39 Å². The third kappa shape index (κ3) is 3.80. The number of amides is 1. The van der Waals surface area contributed by atoms with Crippen LogP contribution in [0.15, 0.2) is 24.3 Å². The quantitative estimate of drug-likeness (QED) is 0.899. The van der Waals surface area contributed by atoms with Gasteiger partial charge in [-0.3, -0.25) is 9.69 Å². The molecule has 2 aliphatic heterocycles. The molecule has 5 nitrogen and oxygen atoms in total. The van der Waals surface area contributed by atoms with Crippen molar-refractivity contribution in [1.29, 1.82) is 0 Å². The number of hydrogen-bond donors (Lipinski definition) is 1. The fraction of sp³-hybridized carbons (Fsp3) is 0.632. The van der Waals surface area contributed by atoms with E-state index in [0.29, 0.717) is 18.7 Å². The molecule has 136 valence electrons. The molecule has 1 aromatic rings. The Hall–Kier alpha value is -1.66. The lowest BCUT2D eigenvalue weighted by Gasteiger charge is -2.43. The summed E-state index contributed by atoms with van der Waals surface area (Å²) in [6, 6.07) is 6.63. The first-order valence-corrected chi connectivity index (χ1v) is 9.37. The highest BCUT2D eigenvalue weighted by molar-refractivity contribution is 5.82. The first-order chi connectivity index (χ1) is 12.2. The van der Waals surface area contributed by atoms with Crippen LogP contribution in [-0.4, -0.2) is 66.6 Å². The Kier molecular flexibility index (Phi) is 4.90. The Morgan fingerprint density at radius 3 is 2.48 bits per heavy atom. The second kappa shape index (κ2) is 7.30. The average Bonchev–Trinajstić information content (AvgIpc) is 3.04. The Morgan fingerprint density at radius 1 is 1.12 bits per heavy atom. The van der Waals surface area contributed by atoms with Gasteiger partial charge < -0.3 is 15.0 Å². The van der Waals surface area contributed by atoms with Crippen molar-refractivity contribution >= 4 is 5.91 Å². The molecule has 0 spiro atoms. The van der Waals surface area contributed by atoms with Crippen molar-refractivity contribution in [2.24, 2.45) is 0 Å². The van der Waals surface area contributed by atoms with Crippen LogP contribution in [0.1, 0.15) is 25.7 Å². The summed E-state index contributed by atoms with van der Waals surface area (Å²) in [4.78, 5) is 17.3. The first-order valence-electron chi connectivity index (χ1n) is 9.37. The number of nitrogens with one attached hydrogen (secondary N) is 1. The van der Waals surface area contributed by atoms with Gasteiger partial charge >= 0.3 is 0 Å². The molecule has 0 aromatic heterocycles. The van der Waals surface area contributed by atoms with E-state index in [1.54, 1.807) is 12.1 Å². The highest BCUT2D eigenvalue weighted by atomic mass is 19.1. The molecule has 6 heteroatoms. The lowest BCUT2D eigenvalue weighted by atomic mass is 9.91. The van der Waals surface area contributed by atoms with Gasteiger partial charge in [0.25, 0.3) is 0 Å². The number of benzene rings is 1. The summed E-state index contributed by atoms with van der Waals surface area (Å²) in [7, 11) is 0.